The fourth-order valence-electron chi connectivity index (χ4n) is 2.69. The number of hydrogen-bond donors (Lipinski definition) is 2. The summed E-state index contributed by atoms with van der Waals surface area (Å²) in [5, 5.41) is 2.83. The minimum atomic E-state index is -3.52. The molecule has 0 saturated heterocycles. The summed E-state index contributed by atoms with van der Waals surface area (Å²) < 4.78 is 54.3. The van der Waals surface area contributed by atoms with E-state index in [1.165, 1.54) is 42.0 Å². The third kappa shape index (κ3) is 4.95. The highest BCUT2D eigenvalue weighted by Crippen LogP contribution is 2.25. The molecule has 3 rings (SSSR count). The van der Waals surface area contributed by atoms with E-state index >= 15 is 0 Å². The summed E-state index contributed by atoms with van der Waals surface area (Å²) >= 11 is 6.02. The first kappa shape index (κ1) is 21.7. The Bertz CT molecular complexity index is 1230. The van der Waals surface area contributed by atoms with Crippen LogP contribution < -0.4 is 10.0 Å². The molecule has 2 aromatic heterocycles. The molecule has 0 spiro atoms. The predicted molar refractivity (Wildman–Crippen MR) is 111 cm³/mol. The number of halogens is 3. The quantitative estimate of drug-likeness (QED) is 0.585. The molecule has 2 heterocycles. The molecule has 0 unspecified atom stereocenters. The van der Waals surface area contributed by atoms with Crippen LogP contribution in [0, 0.1) is 18.6 Å². The first-order chi connectivity index (χ1) is 14.1. The summed E-state index contributed by atoms with van der Waals surface area (Å²) in [4.78, 5) is 16.4. The van der Waals surface area contributed by atoms with Crippen LogP contribution in [-0.2, 0) is 10.0 Å². The van der Waals surface area contributed by atoms with E-state index in [9.17, 15) is 22.0 Å². The van der Waals surface area contributed by atoms with Crippen molar-refractivity contribution in [1.29, 1.82) is 0 Å². The van der Waals surface area contributed by atoms with Crippen LogP contribution in [-0.4, -0.2) is 29.6 Å². The molecule has 0 fully saturated rings. The van der Waals surface area contributed by atoms with E-state index in [0.717, 1.165) is 6.20 Å². The van der Waals surface area contributed by atoms with Crippen molar-refractivity contribution >= 4 is 38.9 Å². The molecule has 0 aliphatic heterocycles. The predicted octanol–water partition coefficient (Wildman–Crippen LogP) is 4.13. The number of carbonyl (C=O) groups excluding carboxylic acids is 1. The Kier molecular flexibility index (Phi) is 6.09. The minimum absolute atomic E-state index is 0.123. The monoisotopic (exact) mass is 454 g/mol. The van der Waals surface area contributed by atoms with E-state index in [0.29, 0.717) is 11.8 Å². The van der Waals surface area contributed by atoms with Crippen LogP contribution in [0.1, 0.15) is 23.0 Å². The standard InChI is InChI=1S/C19H17ClF2N4O3S/c1-3-30(28,29)25-16-6-13(20)5-15(8-16)24-19(27)12-4-11(2)26(10-12)18-17(22)7-14(21)9-23-18/h4-10,25H,3H2,1-2H3,(H,24,27). The van der Waals surface area contributed by atoms with Gasteiger partial charge in [-0.15, -0.1) is 0 Å². The van der Waals surface area contributed by atoms with Gasteiger partial charge in [0, 0.05) is 28.7 Å². The van der Waals surface area contributed by atoms with Crippen molar-refractivity contribution < 1.29 is 22.0 Å². The molecule has 30 heavy (non-hydrogen) atoms. The number of rotatable bonds is 6. The molecule has 0 radical (unpaired) electrons. The van der Waals surface area contributed by atoms with Crippen LogP contribution in [0.3, 0.4) is 0 Å². The maximum atomic E-state index is 14.0. The molecule has 1 aromatic carbocycles. The Balaban J connectivity index is 1.86. The van der Waals surface area contributed by atoms with Gasteiger partial charge < -0.3 is 9.88 Å². The molecule has 0 aliphatic rings. The van der Waals surface area contributed by atoms with Gasteiger partial charge in [-0.3, -0.25) is 9.52 Å². The van der Waals surface area contributed by atoms with Gasteiger partial charge >= 0.3 is 0 Å². The highest BCUT2D eigenvalue weighted by molar-refractivity contribution is 7.92. The van der Waals surface area contributed by atoms with Gasteiger partial charge in [0.2, 0.25) is 10.0 Å². The average molecular weight is 455 g/mol. The summed E-state index contributed by atoms with van der Waals surface area (Å²) in [6.45, 7) is 3.12. The number of benzene rings is 1. The summed E-state index contributed by atoms with van der Waals surface area (Å²) in [6, 6.07) is 6.49. The van der Waals surface area contributed by atoms with Crippen molar-refractivity contribution in [1.82, 2.24) is 9.55 Å². The first-order valence-corrected chi connectivity index (χ1v) is 10.7. The molecule has 158 valence electrons. The van der Waals surface area contributed by atoms with Crippen molar-refractivity contribution in [2.45, 2.75) is 13.8 Å². The van der Waals surface area contributed by atoms with E-state index in [1.807, 2.05) is 0 Å². The molecule has 0 saturated carbocycles. The van der Waals surface area contributed by atoms with Crippen molar-refractivity contribution in [3.8, 4) is 5.82 Å². The van der Waals surface area contributed by atoms with Gasteiger partial charge in [0.25, 0.3) is 5.91 Å². The number of anilines is 2. The fourth-order valence-corrected chi connectivity index (χ4v) is 3.54. The molecule has 2 N–H and O–H groups in total. The molecule has 0 bridgehead atoms. The Labute approximate surface area is 176 Å². The van der Waals surface area contributed by atoms with E-state index in [1.54, 1.807) is 6.92 Å². The zero-order valence-electron chi connectivity index (χ0n) is 15.9. The molecule has 3 aromatic rings. The Hall–Kier alpha value is -2.98. The number of amides is 1. The second-order valence-electron chi connectivity index (χ2n) is 6.39. The number of nitrogens with one attached hydrogen (secondary N) is 2. The molecule has 0 atom stereocenters. The Morgan fingerprint density at radius 1 is 1.17 bits per heavy atom. The van der Waals surface area contributed by atoms with Crippen molar-refractivity contribution in [3.63, 3.8) is 0 Å². The summed E-state index contributed by atoms with van der Waals surface area (Å²) in [5.41, 5.74) is 1.15. The molecule has 11 heteroatoms. The molecular weight excluding hydrogens is 438 g/mol. The maximum absolute atomic E-state index is 14.0. The van der Waals surface area contributed by atoms with Gasteiger partial charge in [0.1, 0.15) is 5.82 Å². The maximum Gasteiger partial charge on any atom is 0.257 e. The number of nitrogens with zero attached hydrogens (tertiary/aromatic N) is 2. The zero-order valence-corrected chi connectivity index (χ0v) is 17.5. The zero-order chi connectivity index (χ0) is 22.1. The van der Waals surface area contributed by atoms with Gasteiger partial charge in [0.05, 0.1) is 23.2 Å². The van der Waals surface area contributed by atoms with Crippen LogP contribution in [0.5, 0.6) is 0 Å². The summed E-state index contributed by atoms with van der Waals surface area (Å²) in [5.74, 6) is -2.49. The van der Waals surface area contributed by atoms with E-state index < -0.39 is 27.6 Å². The molecule has 1 amide bonds. The van der Waals surface area contributed by atoms with Crippen LogP contribution >= 0.6 is 11.6 Å². The highest BCUT2D eigenvalue weighted by atomic mass is 35.5. The van der Waals surface area contributed by atoms with E-state index in [2.05, 4.69) is 15.0 Å². The highest BCUT2D eigenvalue weighted by Gasteiger charge is 2.16. The molecular formula is C19H17ClF2N4O3S. The Morgan fingerprint density at radius 2 is 1.87 bits per heavy atom. The lowest BCUT2D eigenvalue weighted by Gasteiger charge is -2.10. The second-order valence-corrected chi connectivity index (χ2v) is 8.83. The van der Waals surface area contributed by atoms with Crippen LogP contribution in [0.25, 0.3) is 5.82 Å². The molecule has 7 nitrogen and oxygen atoms in total. The number of hydrogen-bond acceptors (Lipinski definition) is 4. The van der Waals surface area contributed by atoms with Gasteiger partial charge in [-0.2, -0.15) is 0 Å². The average Bonchev–Trinajstić information content (AvgIpc) is 3.02. The van der Waals surface area contributed by atoms with Crippen molar-refractivity contribution in [2.24, 2.45) is 0 Å². The first-order valence-electron chi connectivity index (χ1n) is 8.71. The van der Waals surface area contributed by atoms with Gasteiger partial charge in [-0.25, -0.2) is 22.2 Å². The van der Waals surface area contributed by atoms with Gasteiger partial charge in [0.15, 0.2) is 11.6 Å². The fraction of sp³-hybridized carbons (Fsp3) is 0.158. The van der Waals surface area contributed by atoms with Crippen LogP contribution in [0.4, 0.5) is 20.2 Å². The van der Waals surface area contributed by atoms with Gasteiger partial charge in [-0.1, -0.05) is 11.6 Å². The number of carbonyl (C=O) groups is 1. The number of sulfonamides is 1. The summed E-state index contributed by atoms with van der Waals surface area (Å²) in [6.07, 6.45) is 2.24. The minimum Gasteiger partial charge on any atom is -0.322 e. The number of pyridine rings is 1. The SMILES string of the molecule is CCS(=O)(=O)Nc1cc(Cl)cc(NC(=O)c2cc(C)n(-c3ncc(F)cc3F)c2)c1. The third-order valence-corrected chi connectivity index (χ3v) is 5.63. The largest absolute Gasteiger partial charge is 0.322 e. The van der Waals surface area contributed by atoms with Crippen molar-refractivity contribution in [3.05, 3.63) is 70.6 Å². The number of aromatic nitrogens is 2. The van der Waals surface area contributed by atoms with Gasteiger partial charge in [-0.05, 0) is 38.1 Å². The topological polar surface area (TPSA) is 93.1 Å². The van der Waals surface area contributed by atoms with E-state index in [-0.39, 0.29) is 33.5 Å². The van der Waals surface area contributed by atoms with Crippen LogP contribution in [0.2, 0.25) is 5.02 Å². The number of aryl methyl sites for hydroxylation is 1. The lowest BCUT2D eigenvalue weighted by Crippen LogP contribution is -2.15. The second kappa shape index (κ2) is 8.41. The van der Waals surface area contributed by atoms with Crippen LogP contribution in [0.15, 0.2) is 42.7 Å². The summed E-state index contributed by atoms with van der Waals surface area (Å²) in [7, 11) is -3.52. The molecule has 0 aliphatic carbocycles. The van der Waals surface area contributed by atoms with E-state index in [4.69, 9.17) is 11.6 Å². The smallest absolute Gasteiger partial charge is 0.257 e. The lowest BCUT2D eigenvalue weighted by atomic mass is 10.2. The Morgan fingerprint density at radius 3 is 2.53 bits per heavy atom. The third-order valence-electron chi connectivity index (χ3n) is 4.10. The normalized spacial score (nSPS) is 11.4. The lowest BCUT2D eigenvalue weighted by molar-refractivity contribution is 0.102. The van der Waals surface area contributed by atoms with Crippen molar-refractivity contribution in [2.75, 3.05) is 15.8 Å².